The fraction of sp³-hybridized carbons (Fsp3) is 0.250. The van der Waals surface area contributed by atoms with Gasteiger partial charge in [-0.15, -0.1) is 0 Å². The molecule has 0 unspecified atom stereocenters. The van der Waals surface area contributed by atoms with Crippen molar-refractivity contribution in [1.82, 2.24) is 0 Å². The Morgan fingerprint density at radius 2 is 1.85 bits per heavy atom. The van der Waals surface area contributed by atoms with Gasteiger partial charge in [-0.3, -0.25) is 0 Å². The molecule has 0 spiro atoms. The third-order valence-electron chi connectivity index (χ3n) is 1.54. The minimum atomic E-state index is -4.20. The summed E-state index contributed by atoms with van der Waals surface area (Å²) in [7, 11) is 0. The van der Waals surface area contributed by atoms with Crippen LogP contribution in [0.1, 0.15) is 11.1 Å². The third kappa shape index (κ3) is 3.65. The van der Waals surface area contributed by atoms with Crippen LogP contribution < -0.4 is 12.4 Å². The number of hydrogen-bond acceptors (Lipinski definition) is 0. The summed E-state index contributed by atoms with van der Waals surface area (Å²) in [5, 5.41) is 0.754. The van der Waals surface area contributed by atoms with Gasteiger partial charge in [0, 0.05) is 0 Å². The summed E-state index contributed by atoms with van der Waals surface area (Å²) >= 11 is 0.987. The molecule has 13 heavy (non-hydrogen) atoms. The average molecular weight is 260 g/mol. The molecular formula is C8H6ClF3Zn. The molecule has 0 heterocycles. The average Bonchev–Trinajstić information content (AvgIpc) is 2.03. The van der Waals surface area contributed by atoms with Crippen LogP contribution in [0.2, 0.25) is 0 Å². The number of hydrogen-bond donors (Lipinski definition) is 0. The first-order valence-corrected chi connectivity index (χ1v) is 5.59. The van der Waals surface area contributed by atoms with Gasteiger partial charge in [0.05, 0.1) is 0 Å². The predicted molar refractivity (Wildman–Crippen MR) is 35.1 cm³/mol. The minimum absolute atomic E-state index is 0. The van der Waals surface area contributed by atoms with Gasteiger partial charge in [0.25, 0.3) is 0 Å². The molecule has 0 saturated heterocycles. The fourth-order valence-electron chi connectivity index (χ4n) is 0.903. The van der Waals surface area contributed by atoms with Crippen molar-refractivity contribution in [1.29, 1.82) is 0 Å². The van der Waals surface area contributed by atoms with Crippen LogP contribution >= 0.6 is 0 Å². The molecule has 0 aromatic heterocycles. The van der Waals surface area contributed by atoms with E-state index in [0.717, 1.165) is 34.9 Å². The Balaban J connectivity index is 0.00000144. The topological polar surface area (TPSA) is 0 Å². The van der Waals surface area contributed by atoms with Crippen molar-refractivity contribution in [3.8, 4) is 0 Å². The summed E-state index contributed by atoms with van der Waals surface area (Å²) in [4.78, 5) is 0. The Hall–Kier alpha value is -0.0766. The monoisotopic (exact) mass is 258 g/mol. The van der Waals surface area contributed by atoms with E-state index in [-0.39, 0.29) is 12.4 Å². The molecule has 0 aliphatic heterocycles. The molecule has 1 aromatic carbocycles. The second-order valence-corrected chi connectivity index (χ2v) is 3.50. The van der Waals surface area contributed by atoms with Crippen LogP contribution in [0.4, 0.5) is 13.2 Å². The fourth-order valence-corrected chi connectivity index (χ4v) is 1.56. The zero-order valence-corrected chi connectivity index (χ0v) is 10.5. The minimum Gasteiger partial charge on any atom is -1.00 e. The van der Waals surface area contributed by atoms with Crippen molar-refractivity contribution in [2.24, 2.45) is 0 Å². The number of rotatable bonds is 1. The molecule has 0 radical (unpaired) electrons. The van der Waals surface area contributed by atoms with Crippen LogP contribution in [0.3, 0.4) is 0 Å². The van der Waals surface area contributed by atoms with Crippen LogP contribution in [-0.4, -0.2) is 0 Å². The normalized spacial score (nSPS) is 10.8. The first-order chi connectivity index (χ1) is 5.54. The van der Waals surface area contributed by atoms with Gasteiger partial charge in [0.2, 0.25) is 0 Å². The van der Waals surface area contributed by atoms with Gasteiger partial charge in [-0.1, -0.05) is 0 Å². The first kappa shape index (κ1) is 12.9. The van der Waals surface area contributed by atoms with E-state index in [1.807, 2.05) is 0 Å². The summed E-state index contributed by atoms with van der Waals surface area (Å²) in [5.74, 6) is 0. The molecule has 0 saturated carbocycles. The van der Waals surface area contributed by atoms with Crippen molar-refractivity contribution in [3.05, 3.63) is 35.4 Å². The van der Waals surface area contributed by atoms with Crippen LogP contribution in [-0.2, 0) is 29.5 Å². The van der Waals surface area contributed by atoms with Crippen molar-refractivity contribution in [2.75, 3.05) is 0 Å². The molecule has 0 N–H and O–H groups in total. The summed E-state index contributed by atoms with van der Waals surface area (Å²) < 4.78 is 36.3. The zero-order chi connectivity index (χ0) is 9.19. The summed E-state index contributed by atoms with van der Waals surface area (Å²) in [5.41, 5.74) is 0.221. The van der Waals surface area contributed by atoms with Crippen molar-refractivity contribution in [2.45, 2.75) is 11.2 Å². The van der Waals surface area contributed by atoms with Gasteiger partial charge in [-0.2, -0.15) is 0 Å². The van der Waals surface area contributed by atoms with Crippen molar-refractivity contribution in [3.63, 3.8) is 0 Å². The largest absolute Gasteiger partial charge is 1.00 e. The van der Waals surface area contributed by atoms with Crippen LogP contribution in [0.15, 0.2) is 24.3 Å². The number of alkyl halides is 3. The van der Waals surface area contributed by atoms with E-state index in [2.05, 4.69) is 0 Å². The van der Waals surface area contributed by atoms with E-state index in [9.17, 15) is 13.2 Å². The molecule has 0 fully saturated rings. The molecular weight excluding hydrogens is 254 g/mol. The Morgan fingerprint density at radius 1 is 1.23 bits per heavy atom. The Labute approximate surface area is 90.6 Å². The van der Waals surface area contributed by atoms with Crippen LogP contribution in [0, 0.1) is 0 Å². The van der Waals surface area contributed by atoms with Crippen LogP contribution in [0.25, 0.3) is 0 Å². The number of halogens is 4. The van der Waals surface area contributed by atoms with E-state index >= 15 is 0 Å². The number of benzene rings is 1. The Morgan fingerprint density at radius 3 is 2.31 bits per heavy atom. The van der Waals surface area contributed by atoms with Gasteiger partial charge in [0.1, 0.15) is 0 Å². The van der Waals surface area contributed by atoms with Gasteiger partial charge in [-0.25, -0.2) is 0 Å². The zero-order valence-electron chi connectivity index (χ0n) is 6.74. The summed E-state index contributed by atoms with van der Waals surface area (Å²) in [6.07, 6.45) is -4.20. The van der Waals surface area contributed by atoms with Crippen molar-refractivity contribution < 1.29 is 43.9 Å². The van der Waals surface area contributed by atoms with E-state index in [4.69, 9.17) is 0 Å². The van der Waals surface area contributed by atoms with Crippen LogP contribution in [0.5, 0.6) is 0 Å². The first-order valence-electron chi connectivity index (χ1n) is 3.49. The van der Waals surface area contributed by atoms with E-state index in [1.165, 1.54) is 12.1 Å². The second-order valence-electron chi connectivity index (χ2n) is 2.45. The Kier molecular flexibility index (Phi) is 4.94. The van der Waals surface area contributed by atoms with Gasteiger partial charge in [0.15, 0.2) is 0 Å². The van der Waals surface area contributed by atoms with E-state index in [0.29, 0.717) is 0 Å². The molecule has 0 bridgehead atoms. The van der Waals surface area contributed by atoms with Crippen molar-refractivity contribution >= 4 is 0 Å². The maximum absolute atomic E-state index is 12.1. The molecule has 0 aliphatic rings. The molecule has 0 nitrogen and oxygen atoms in total. The summed E-state index contributed by atoms with van der Waals surface area (Å²) in [6.45, 7) is 0. The smallest absolute Gasteiger partial charge is 1.00 e. The summed E-state index contributed by atoms with van der Waals surface area (Å²) in [6, 6.07) is 5.48. The molecule has 1 rings (SSSR count). The Bertz CT molecular complexity index is 272. The SMILES string of the molecule is FC(F)(F)c1cccc([CH2][Zn+])c1.[Cl-]. The van der Waals surface area contributed by atoms with Gasteiger partial charge in [-0.05, 0) is 0 Å². The van der Waals surface area contributed by atoms with E-state index < -0.39 is 11.7 Å². The molecule has 0 amide bonds. The molecule has 5 heteroatoms. The quantitative estimate of drug-likeness (QED) is 0.611. The van der Waals surface area contributed by atoms with E-state index in [1.54, 1.807) is 6.07 Å². The third-order valence-corrected chi connectivity index (χ3v) is 2.75. The molecule has 0 atom stereocenters. The maximum Gasteiger partial charge on any atom is -1.00 e. The molecule has 68 valence electrons. The standard InChI is InChI=1S/C8H6F3.ClH.Zn/c1-6-3-2-4-7(5-6)8(9,10)11;;/h2-5H,1H2;1H;/q;;+1/p-1. The molecule has 0 aliphatic carbocycles. The van der Waals surface area contributed by atoms with Gasteiger partial charge >= 0.3 is 78.1 Å². The molecule has 1 aromatic rings. The second kappa shape index (κ2) is 4.97. The van der Waals surface area contributed by atoms with Gasteiger partial charge < -0.3 is 12.4 Å². The maximum atomic E-state index is 12.1. The predicted octanol–water partition coefficient (Wildman–Crippen LogP) is -0.244.